The lowest BCUT2D eigenvalue weighted by atomic mass is 9.98. The second-order valence-electron chi connectivity index (χ2n) is 6.23. The molecule has 1 saturated heterocycles. The van der Waals surface area contributed by atoms with Crippen LogP contribution in [0.15, 0.2) is 5.38 Å². The van der Waals surface area contributed by atoms with Crippen LogP contribution in [0, 0.1) is 0 Å². The van der Waals surface area contributed by atoms with Crippen LogP contribution in [0.2, 0.25) is 0 Å². The van der Waals surface area contributed by atoms with Gasteiger partial charge in [-0.05, 0) is 19.9 Å². The first kappa shape index (κ1) is 14.0. The molecule has 0 unspecified atom stereocenters. The average molecular weight is 267 g/mol. The molecule has 1 aliphatic rings. The Balaban J connectivity index is 1.89. The van der Waals surface area contributed by atoms with Gasteiger partial charge in [-0.2, -0.15) is 0 Å². The van der Waals surface area contributed by atoms with Gasteiger partial charge in [0.25, 0.3) is 0 Å². The molecule has 1 aromatic rings. The zero-order chi connectivity index (χ0) is 13.2. The molecule has 0 spiro atoms. The number of hydrogen-bond donors (Lipinski definition) is 1. The van der Waals surface area contributed by atoms with E-state index in [9.17, 15) is 0 Å². The number of thiazole rings is 1. The molecule has 1 fully saturated rings. The Hall–Kier alpha value is -0.450. The fourth-order valence-electron chi connectivity index (χ4n) is 2.33. The van der Waals surface area contributed by atoms with Crippen molar-refractivity contribution in [2.75, 3.05) is 20.1 Å². The molecular weight excluding hydrogens is 242 g/mol. The standard InChI is InChI=1S/C14H25N3S/c1-14(2,3)13-16-12(10-18-13)9-17-7-5-11(15-4)6-8-17/h10-11,15H,5-9H2,1-4H3. The Labute approximate surface area is 115 Å². The van der Waals surface area contributed by atoms with E-state index >= 15 is 0 Å². The van der Waals surface area contributed by atoms with E-state index in [1.54, 1.807) is 11.3 Å². The van der Waals surface area contributed by atoms with Gasteiger partial charge in [0.05, 0.1) is 10.7 Å². The summed E-state index contributed by atoms with van der Waals surface area (Å²) in [5.74, 6) is 0. The number of likely N-dealkylation sites (tertiary alicyclic amines) is 1. The van der Waals surface area contributed by atoms with Gasteiger partial charge in [0.2, 0.25) is 0 Å². The molecule has 2 rings (SSSR count). The topological polar surface area (TPSA) is 28.2 Å². The Morgan fingerprint density at radius 2 is 2.06 bits per heavy atom. The summed E-state index contributed by atoms with van der Waals surface area (Å²) in [4.78, 5) is 7.30. The maximum Gasteiger partial charge on any atom is 0.0982 e. The lowest BCUT2D eigenvalue weighted by Gasteiger charge is -2.31. The van der Waals surface area contributed by atoms with Crippen molar-refractivity contribution in [1.29, 1.82) is 0 Å². The highest BCUT2D eigenvalue weighted by atomic mass is 32.1. The summed E-state index contributed by atoms with van der Waals surface area (Å²) in [6.07, 6.45) is 2.51. The van der Waals surface area contributed by atoms with E-state index in [4.69, 9.17) is 4.98 Å². The smallest absolute Gasteiger partial charge is 0.0982 e. The van der Waals surface area contributed by atoms with E-state index < -0.39 is 0 Å². The number of hydrogen-bond acceptors (Lipinski definition) is 4. The predicted molar refractivity (Wildman–Crippen MR) is 78.2 cm³/mol. The summed E-state index contributed by atoms with van der Waals surface area (Å²) in [6, 6.07) is 0.710. The van der Waals surface area contributed by atoms with E-state index in [0.29, 0.717) is 6.04 Å². The number of nitrogens with one attached hydrogen (secondary N) is 1. The highest BCUT2D eigenvalue weighted by Gasteiger charge is 2.21. The molecule has 3 nitrogen and oxygen atoms in total. The largest absolute Gasteiger partial charge is 0.317 e. The lowest BCUT2D eigenvalue weighted by Crippen LogP contribution is -2.40. The van der Waals surface area contributed by atoms with E-state index in [2.05, 4.69) is 43.4 Å². The maximum absolute atomic E-state index is 4.78. The Bertz CT molecular complexity index is 373. The number of rotatable bonds is 3. The molecular formula is C14H25N3S. The fraction of sp³-hybridized carbons (Fsp3) is 0.786. The predicted octanol–water partition coefficient (Wildman–Crippen LogP) is 2.62. The molecule has 0 amide bonds. The first-order valence-electron chi connectivity index (χ1n) is 6.83. The Morgan fingerprint density at radius 1 is 1.39 bits per heavy atom. The summed E-state index contributed by atoms with van der Waals surface area (Å²) in [5, 5.41) is 6.85. The molecule has 0 radical (unpaired) electrons. The van der Waals surface area contributed by atoms with Crippen LogP contribution in [0.4, 0.5) is 0 Å². The summed E-state index contributed by atoms with van der Waals surface area (Å²) < 4.78 is 0. The second-order valence-corrected chi connectivity index (χ2v) is 7.09. The van der Waals surface area contributed by atoms with Crippen LogP contribution in [0.25, 0.3) is 0 Å². The lowest BCUT2D eigenvalue weighted by molar-refractivity contribution is 0.193. The number of nitrogens with zero attached hydrogens (tertiary/aromatic N) is 2. The number of aromatic nitrogens is 1. The quantitative estimate of drug-likeness (QED) is 0.912. The van der Waals surface area contributed by atoms with Crippen molar-refractivity contribution < 1.29 is 0 Å². The van der Waals surface area contributed by atoms with Crippen molar-refractivity contribution in [3.05, 3.63) is 16.1 Å². The van der Waals surface area contributed by atoms with Crippen LogP contribution in [0.3, 0.4) is 0 Å². The SMILES string of the molecule is CNC1CCN(Cc2csc(C(C)(C)C)n2)CC1. The molecule has 1 aromatic heterocycles. The van der Waals surface area contributed by atoms with Gasteiger partial charge in [0.1, 0.15) is 0 Å². The molecule has 1 aliphatic heterocycles. The summed E-state index contributed by atoms with van der Waals surface area (Å²) in [7, 11) is 2.07. The molecule has 0 aliphatic carbocycles. The Morgan fingerprint density at radius 3 is 2.56 bits per heavy atom. The summed E-state index contributed by atoms with van der Waals surface area (Å²) in [5.41, 5.74) is 1.43. The van der Waals surface area contributed by atoms with Gasteiger partial charge in [0.15, 0.2) is 0 Å². The van der Waals surface area contributed by atoms with Crippen molar-refractivity contribution >= 4 is 11.3 Å². The minimum absolute atomic E-state index is 0.183. The van der Waals surface area contributed by atoms with Gasteiger partial charge in [-0.25, -0.2) is 4.98 Å². The van der Waals surface area contributed by atoms with Gasteiger partial charge >= 0.3 is 0 Å². The first-order chi connectivity index (χ1) is 8.49. The van der Waals surface area contributed by atoms with Crippen molar-refractivity contribution in [3.8, 4) is 0 Å². The van der Waals surface area contributed by atoms with Crippen LogP contribution in [0.1, 0.15) is 44.3 Å². The van der Waals surface area contributed by atoms with E-state index in [1.807, 2.05) is 0 Å². The molecule has 1 N–H and O–H groups in total. The molecule has 4 heteroatoms. The molecule has 102 valence electrons. The van der Waals surface area contributed by atoms with Gasteiger partial charge in [-0.15, -0.1) is 11.3 Å². The molecule has 2 heterocycles. The highest BCUT2D eigenvalue weighted by molar-refractivity contribution is 7.09. The van der Waals surface area contributed by atoms with Crippen molar-refractivity contribution in [1.82, 2.24) is 15.2 Å². The monoisotopic (exact) mass is 267 g/mol. The van der Waals surface area contributed by atoms with E-state index in [0.717, 1.165) is 6.54 Å². The van der Waals surface area contributed by atoms with Crippen LogP contribution >= 0.6 is 11.3 Å². The van der Waals surface area contributed by atoms with Crippen LogP contribution in [-0.4, -0.2) is 36.1 Å². The molecule has 0 atom stereocenters. The Kier molecular flexibility index (Phi) is 4.41. The summed E-state index contributed by atoms with van der Waals surface area (Å²) in [6.45, 7) is 10.1. The third-order valence-corrected chi connectivity index (χ3v) is 4.89. The molecule has 0 aromatic carbocycles. The van der Waals surface area contributed by atoms with E-state index in [-0.39, 0.29) is 5.41 Å². The van der Waals surface area contributed by atoms with Gasteiger partial charge in [-0.3, -0.25) is 4.90 Å². The van der Waals surface area contributed by atoms with Gasteiger partial charge in [-0.1, -0.05) is 20.8 Å². The van der Waals surface area contributed by atoms with Gasteiger partial charge < -0.3 is 5.32 Å². The fourth-order valence-corrected chi connectivity index (χ4v) is 3.23. The third-order valence-electron chi connectivity index (χ3n) is 3.57. The number of piperidine rings is 1. The zero-order valence-corrected chi connectivity index (χ0v) is 12.8. The van der Waals surface area contributed by atoms with Gasteiger partial charge in [0, 0.05) is 36.5 Å². The van der Waals surface area contributed by atoms with E-state index in [1.165, 1.54) is 36.6 Å². The maximum atomic E-state index is 4.78. The normalized spacial score (nSPS) is 19.3. The van der Waals surface area contributed by atoms with Crippen LogP contribution < -0.4 is 5.32 Å². The van der Waals surface area contributed by atoms with Crippen molar-refractivity contribution in [2.24, 2.45) is 0 Å². The molecule has 0 bridgehead atoms. The third kappa shape index (κ3) is 3.53. The zero-order valence-electron chi connectivity index (χ0n) is 12.0. The van der Waals surface area contributed by atoms with Crippen LogP contribution in [-0.2, 0) is 12.0 Å². The highest BCUT2D eigenvalue weighted by Crippen LogP contribution is 2.26. The molecule has 0 saturated carbocycles. The summed E-state index contributed by atoms with van der Waals surface area (Å²) >= 11 is 1.80. The molecule has 18 heavy (non-hydrogen) atoms. The van der Waals surface area contributed by atoms with Crippen molar-refractivity contribution in [2.45, 2.75) is 51.6 Å². The minimum atomic E-state index is 0.183. The minimum Gasteiger partial charge on any atom is -0.317 e. The van der Waals surface area contributed by atoms with Crippen LogP contribution in [0.5, 0.6) is 0 Å². The second kappa shape index (κ2) is 5.68. The average Bonchev–Trinajstić information content (AvgIpc) is 2.78. The first-order valence-corrected chi connectivity index (χ1v) is 7.71. The van der Waals surface area contributed by atoms with Crippen molar-refractivity contribution in [3.63, 3.8) is 0 Å².